The largest absolute Gasteiger partial charge is 0.375 e. The lowest BCUT2D eigenvalue weighted by molar-refractivity contribution is -0.136. The number of benzene rings is 1. The lowest BCUT2D eigenvalue weighted by Crippen LogP contribution is -2.43. The average Bonchev–Trinajstić information content (AvgIpc) is 2.78. The highest BCUT2D eigenvalue weighted by atomic mass is 16.5. The third kappa shape index (κ3) is 4.39. The number of aromatic nitrogens is 2. The minimum atomic E-state index is -0.257. The molecule has 4 rings (SSSR count). The first-order valence-electron chi connectivity index (χ1n) is 10.7. The van der Waals surface area contributed by atoms with E-state index in [4.69, 9.17) is 9.72 Å². The number of carbonyl (C=O) groups excluding carboxylic acids is 2. The van der Waals surface area contributed by atoms with Gasteiger partial charge in [0, 0.05) is 32.2 Å². The van der Waals surface area contributed by atoms with Crippen molar-refractivity contribution in [3.8, 4) is 0 Å². The van der Waals surface area contributed by atoms with Crippen molar-refractivity contribution < 1.29 is 14.3 Å². The van der Waals surface area contributed by atoms with Gasteiger partial charge in [0.1, 0.15) is 12.4 Å². The van der Waals surface area contributed by atoms with Crippen molar-refractivity contribution in [1.29, 1.82) is 0 Å². The van der Waals surface area contributed by atoms with E-state index in [-0.39, 0.29) is 36.6 Å². The number of aryl methyl sites for hydroxylation is 1. The van der Waals surface area contributed by atoms with Gasteiger partial charge in [-0.1, -0.05) is 17.7 Å². The SMILES string of the molecule is COCC(=O)N1CCc2nc([C@@H]3CCCCN3C(=O)c3cccc(C)c3)[nH]c(=O)c2C1. The molecule has 2 aliphatic heterocycles. The van der Waals surface area contributed by atoms with E-state index in [9.17, 15) is 14.4 Å². The van der Waals surface area contributed by atoms with Gasteiger partial charge < -0.3 is 19.5 Å². The van der Waals surface area contributed by atoms with Crippen LogP contribution in [0.25, 0.3) is 0 Å². The van der Waals surface area contributed by atoms with Crippen LogP contribution in [-0.2, 0) is 22.5 Å². The molecule has 0 radical (unpaired) electrons. The minimum Gasteiger partial charge on any atom is -0.375 e. The molecule has 0 spiro atoms. The zero-order valence-electron chi connectivity index (χ0n) is 18.0. The second-order valence-electron chi connectivity index (χ2n) is 8.25. The van der Waals surface area contributed by atoms with Gasteiger partial charge in [0.15, 0.2) is 0 Å². The lowest BCUT2D eigenvalue weighted by atomic mass is 9.98. The summed E-state index contributed by atoms with van der Waals surface area (Å²) in [4.78, 5) is 49.4. The quantitative estimate of drug-likeness (QED) is 0.810. The van der Waals surface area contributed by atoms with Crippen molar-refractivity contribution in [2.24, 2.45) is 0 Å². The summed E-state index contributed by atoms with van der Waals surface area (Å²) < 4.78 is 4.92. The molecule has 0 bridgehead atoms. The molecule has 0 aliphatic carbocycles. The smallest absolute Gasteiger partial charge is 0.256 e. The van der Waals surface area contributed by atoms with Gasteiger partial charge in [-0.15, -0.1) is 0 Å². The molecular weight excluding hydrogens is 396 g/mol. The molecule has 8 nitrogen and oxygen atoms in total. The van der Waals surface area contributed by atoms with Crippen LogP contribution in [0, 0.1) is 6.92 Å². The Hall–Kier alpha value is -3.00. The van der Waals surface area contributed by atoms with Crippen LogP contribution in [0.3, 0.4) is 0 Å². The fraction of sp³-hybridized carbons (Fsp3) is 0.478. The molecule has 164 valence electrons. The van der Waals surface area contributed by atoms with Crippen LogP contribution in [0.15, 0.2) is 29.1 Å². The zero-order valence-corrected chi connectivity index (χ0v) is 18.0. The zero-order chi connectivity index (χ0) is 22.0. The molecule has 8 heteroatoms. The summed E-state index contributed by atoms with van der Waals surface area (Å²) in [5, 5.41) is 0. The van der Waals surface area contributed by atoms with Gasteiger partial charge in [-0.25, -0.2) is 4.98 Å². The summed E-state index contributed by atoms with van der Waals surface area (Å²) in [5.74, 6) is 0.366. The molecule has 0 saturated carbocycles. The first kappa shape index (κ1) is 21.2. The molecule has 1 aromatic heterocycles. The molecule has 1 saturated heterocycles. The van der Waals surface area contributed by atoms with E-state index < -0.39 is 0 Å². The van der Waals surface area contributed by atoms with Crippen LogP contribution in [0.5, 0.6) is 0 Å². The Morgan fingerprint density at radius 3 is 2.87 bits per heavy atom. The van der Waals surface area contributed by atoms with E-state index in [1.54, 1.807) is 4.90 Å². The number of aromatic amines is 1. The van der Waals surface area contributed by atoms with Gasteiger partial charge in [-0.3, -0.25) is 14.4 Å². The van der Waals surface area contributed by atoms with E-state index >= 15 is 0 Å². The number of H-pyrrole nitrogens is 1. The summed E-state index contributed by atoms with van der Waals surface area (Å²) in [6.45, 7) is 3.33. The molecule has 2 aliphatic rings. The molecule has 1 N–H and O–H groups in total. The number of nitrogens with zero attached hydrogens (tertiary/aromatic N) is 3. The number of hydrogen-bond acceptors (Lipinski definition) is 5. The molecule has 1 atom stereocenters. The summed E-state index contributed by atoms with van der Waals surface area (Å²) in [5.41, 5.74) is 2.69. The van der Waals surface area contributed by atoms with E-state index in [2.05, 4.69) is 4.98 Å². The number of ether oxygens (including phenoxy) is 1. The monoisotopic (exact) mass is 424 g/mol. The number of methoxy groups -OCH3 is 1. The number of nitrogens with one attached hydrogen (secondary N) is 1. The summed E-state index contributed by atoms with van der Waals surface area (Å²) in [6.07, 6.45) is 3.18. The van der Waals surface area contributed by atoms with Gasteiger partial charge in [0.05, 0.1) is 23.8 Å². The average molecular weight is 425 g/mol. The summed E-state index contributed by atoms with van der Waals surface area (Å²) >= 11 is 0. The fourth-order valence-corrected chi connectivity index (χ4v) is 4.43. The van der Waals surface area contributed by atoms with Crippen molar-refractivity contribution >= 4 is 11.8 Å². The second-order valence-corrected chi connectivity index (χ2v) is 8.25. The van der Waals surface area contributed by atoms with Crippen molar-refractivity contribution in [1.82, 2.24) is 19.8 Å². The maximum absolute atomic E-state index is 13.2. The van der Waals surface area contributed by atoms with Crippen molar-refractivity contribution in [3.05, 3.63) is 62.8 Å². The number of fused-ring (bicyclic) bond motifs is 1. The lowest BCUT2D eigenvalue weighted by Gasteiger charge is -2.36. The number of rotatable bonds is 4. The highest BCUT2D eigenvalue weighted by Crippen LogP contribution is 2.30. The molecule has 0 unspecified atom stereocenters. The van der Waals surface area contributed by atoms with Crippen LogP contribution in [0.4, 0.5) is 0 Å². The number of amides is 2. The summed E-state index contributed by atoms with van der Waals surface area (Å²) in [6, 6.07) is 7.32. The topological polar surface area (TPSA) is 95.6 Å². The Labute approximate surface area is 181 Å². The molecule has 2 amide bonds. The van der Waals surface area contributed by atoms with Crippen LogP contribution < -0.4 is 5.56 Å². The van der Waals surface area contributed by atoms with Gasteiger partial charge in [-0.05, 0) is 38.3 Å². The Morgan fingerprint density at radius 1 is 1.26 bits per heavy atom. The van der Waals surface area contributed by atoms with Crippen molar-refractivity contribution in [3.63, 3.8) is 0 Å². The molecule has 31 heavy (non-hydrogen) atoms. The number of piperidine rings is 1. The molecule has 2 aromatic rings. The number of carbonyl (C=O) groups is 2. The Balaban J connectivity index is 1.61. The van der Waals surface area contributed by atoms with Gasteiger partial charge in [0.2, 0.25) is 5.91 Å². The molecule has 1 fully saturated rings. The number of likely N-dealkylation sites (tertiary alicyclic amines) is 1. The van der Waals surface area contributed by atoms with Crippen LogP contribution in [-0.4, -0.2) is 58.4 Å². The van der Waals surface area contributed by atoms with Crippen molar-refractivity contribution in [2.75, 3.05) is 26.8 Å². The molecule has 3 heterocycles. The van der Waals surface area contributed by atoms with E-state index in [1.165, 1.54) is 7.11 Å². The normalized spacial score (nSPS) is 18.6. The third-order valence-electron chi connectivity index (χ3n) is 6.05. The highest BCUT2D eigenvalue weighted by Gasteiger charge is 2.32. The first-order valence-corrected chi connectivity index (χ1v) is 10.7. The van der Waals surface area contributed by atoms with E-state index in [0.717, 1.165) is 24.8 Å². The van der Waals surface area contributed by atoms with Crippen LogP contribution in [0.2, 0.25) is 0 Å². The Morgan fingerprint density at radius 2 is 2.10 bits per heavy atom. The predicted octanol–water partition coefficient (Wildman–Crippen LogP) is 1.98. The van der Waals surface area contributed by atoms with Gasteiger partial charge in [-0.2, -0.15) is 0 Å². The maximum atomic E-state index is 13.2. The maximum Gasteiger partial charge on any atom is 0.256 e. The molecular formula is C23H28N4O4. The van der Waals surface area contributed by atoms with Gasteiger partial charge >= 0.3 is 0 Å². The summed E-state index contributed by atoms with van der Waals surface area (Å²) in [7, 11) is 1.48. The Bertz CT molecular complexity index is 1050. The van der Waals surface area contributed by atoms with E-state index in [0.29, 0.717) is 42.2 Å². The number of hydrogen-bond donors (Lipinski definition) is 1. The highest BCUT2D eigenvalue weighted by molar-refractivity contribution is 5.94. The standard InChI is InChI=1S/C23H28N4O4/c1-15-6-5-7-16(12-15)23(30)27-10-4-3-8-19(27)21-24-18-9-11-26(20(28)14-31-2)13-17(18)22(29)25-21/h5-7,12,19H,3-4,8-11,13-14H2,1-2H3,(H,24,25,29)/t19-/m0/s1. The predicted molar refractivity (Wildman–Crippen MR) is 115 cm³/mol. The second kappa shape index (κ2) is 9.01. The minimum absolute atomic E-state index is 0.00312. The van der Waals surface area contributed by atoms with E-state index in [1.807, 2.05) is 36.1 Å². The van der Waals surface area contributed by atoms with Crippen LogP contribution >= 0.6 is 0 Å². The third-order valence-corrected chi connectivity index (χ3v) is 6.05. The van der Waals surface area contributed by atoms with Crippen molar-refractivity contribution in [2.45, 2.75) is 45.2 Å². The molecule has 1 aromatic carbocycles. The van der Waals surface area contributed by atoms with Crippen LogP contribution in [0.1, 0.15) is 58.3 Å². The first-order chi connectivity index (χ1) is 15.0. The Kier molecular flexibility index (Phi) is 6.18. The fourth-order valence-electron chi connectivity index (χ4n) is 4.43. The van der Waals surface area contributed by atoms with Gasteiger partial charge in [0.25, 0.3) is 11.5 Å².